The van der Waals surface area contributed by atoms with Crippen LogP contribution in [0.3, 0.4) is 0 Å². The van der Waals surface area contributed by atoms with Gasteiger partial charge in [-0.15, -0.1) is 0 Å². The van der Waals surface area contributed by atoms with Crippen molar-refractivity contribution in [3.05, 3.63) is 57.6 Å². The SMILES string of the molecule is CCOC(=O)c1cc(Cl)c(NC(=O)c2ccccc2Cl)cc1OC. The molecule has 0 unspecified atom stereocenters. The van der Waals surface area contributed by atoms with E-state index in [4.69, 9.17) is 32.7 Å². The van der Waals surface area contributed by atoms with E-state index in [0.717, 1.165) is 0 Å². The van der Waals surface area contributed by atoms with Crippen molar-refractivity contribution in [2.75, 3.05) is 19.0 Å². The zero-order valence-electron chi connectivity index (χ0n) is 13.1. The molecule has 5 nitrogen and oxygen atoms in total. The highest BCUT2D eigenvalue weighted by Crippen LogP contribution is 2.32. The van der Waals surface area contributed by atoms with Gasteiger partial charge in [-0.3, -0.25) is 4.79 Å². The van der Waals surface area contributed by atoms with Gasteiger partial charge in [0.25, 0.3) is 5.91 Å². The van der Waals surface area contributed by atoms with Gasteiger partial charge in [-0.25, -0.2) is 4.79 Å². The Morgan fingerprint density at radius 3 is 2.42 bits per heavy atom. The average molecular weight is 368 g/mol. The van der Waals surface area contributed by atoms with Crippen molar-refractivity contribution in [2.24, 2.45) is 0 Å². The Balaban J connectivity index is 2.33. The monoisotopic (exact) mass is 367 g/mol. The number of carbonyl (C=O) groups excluding carboxylic acids is 2. The second kappa shape index (κ2) is 8.04. The summed E-state index contributed by atoms with van der Waals surface area (Å²) in [4.78, 5) is 24.2. The predicted molar refractivity (Wildman–Crippen MR) is 93.4 cm³/mol. The number of hydrogen-bond donors (Lipinski definition) is 1. The molecule has 1 N–H and O–H groups in total. The van der Waals surface area contributed by atoms with E-state index in [2.05, 4.69) is 5.32 Å². The van der Waals surface area contributed by atoms with Crippen LogP contribution in [0.5, 0.6) is 5.75 Å². The van der Waals surface area contributed by atoms with Gasteiger partial charge in [0.2, 0.25) is 0 Å². The molecule has 0 saturated heterocycles. The maximum Gasteiger partial charge on any atom is 0.341 e. The molecule has 0 aromatic heterocycles. The van der Waals surface area contributed by atoms with E-state index in [1.165, 1.54) is 19.2 Å². The van der Waals surface area contributed by atoms with Crippen LogP contribution in [0, 0.1) is 0 Å². The summed E-state index contributed by atoms with van der Waals surface area (Å²) < 4.78 is 10.1. The minimum Gasteiger partial charge on any atom is -0.496 e. The Kier molecular flexibility index (Phi) is 6.06. The fraction of sp³-hybridized carbons (Fsp3) is 0.176. The summed E-state index contributed by atoms with van der Waals surface area (Å²) in [5.41, 5.74) is 0.787. The van der Waals surface area contributed by atoms with Gasteiger partial charge in [-0.05, 0) is 25.1 Å². The molecule has 2 rings (SSSR count). The van der Waals surface area contributed by atoms with Crippen LogP contribution in [0.25, 0.3) is 0 Å². The molecule has 1 amide bonds. The lowest BCUT2D eigenvalue weighted by atomic mass is 10.1. The number of methoxy groups -OCH3 is 1. The van der Waals surface area contributed by atoms with Crippen molar-refractivity contribution in [1.29, 1.82) is 0 Å². The van der Waals surface area contributed by atoms with E-state index in [0.29, 0.717) is 16.3 Å². The predicted octanol–water partition coefficient (Wildman–Crippen LogP) is 4.43. The van der Waals surface area contributed by atoms with Crippen LogP contribution in [-0.2, 0) is 4.74 Å². The zero-order valence-corrected chi connectivity index (χ0v) is 14.6. The molecule has 2 aromatic carbocycles. The van der Waals surface area contributed by atoms with Crippen molar-refractivity contribution < 1.29 is 19.1 Å². The molecule has 0 radical (unpaired) electrons. The van der Waals surface area contributed by atoms with Crippen LogP contribution in [0.2, 0.25) is 10.0 Å². The largest absolute Gasteiger partial charge is 0.496 e. The van der Waals surface area contributed by atoms with E-state index in [1.807, 2.05) is 0 Å². The summed E-state index contributed by atoms with van der Waals surface area (Å²) in [7, 11) is 1.41. The fourth-order valence-electron chi connectivity index (χ4n) is 2.02. The first kappa shape index (κ1) is 18.1. The van der Waals surface area contributed by atoms with Crippen LogP contribution in [0.4, 0.5) is 5.69 Å². The highest BCUT2D eigenvalue weighted by Gasteiger charge is 2.19. The molecule has 0 saturated carbocycles. The second-order valence-electron chi connectivity index (χ2n) is 4.69. The molecule has 0 spiro atoms. The summed E-state index contributed by atoms with van der Waals surface area (Å²) >= 11 is 12.2. The molecule has 0 aliphatic carbocycles. The lowest BCUT2D eigenvalue weighted by molar-refractivity contribution is 0.0522. The number of anilines is 1. The van der Waals surface area contributed by atoms with Crippen LogP contribution in [0.15, 0.2) is 36.4 Å². The van der Waals surface area contributed by atoms with Gasteiger partial charge in [-0.1, -0.05) is 35.3 Å². The third kappa shape index (κ3) is 3.99. The number of ether oxygens (including phenoxy) is 2. The third-order valence-electron chi connectivity index (χ3n) is 3.15. The topological polar surface area (TPSA) is 64.6 Å². The van der Waals surface area contributed by atoms with Crippen LogP contribution in [0.1, 0.15) is 27.6 Å². The quantitative estimate of drug-likeness (QED) is 0.793. The standard InChI is InChI=1S/C17H15Cl2NO4/c1-3-24-17(22)11-8-13(19)14(9-15(11)23-2)20-16(21)10-6-4-5-7-12(10)18/h4-9H,3H2,1-2H3,(H,20,21). The van der Waals surface area contributed by atoms with E-state index in [1.54, 1.807) is 31.2 Å². The Labute approximate surface area is 149 Å². The Hall–Kier alpha value is -2.24. The molecule has 0 aliphatic rings. The maximum atomic E-state index is 12.3. The zero-order chi connectivity index (χ0) is 17.7. The lowest BCUT2D eigenvalue weighted by Gasteiger charge is -2.13. The van der Waals surface area contributed by atoms with Gasteiger partial charge in [-0.2, -0.15) is 0 Å². The van der Waals surface area contributed by atoms with E-state index < -0.39 is 11.9 Å². The molecule has 0 atom stereocenters. The smallest absolute Gasteiger partial charge is 0.341 e. The summed E-state index contributed by atoms with van der Waals surface area (Å²) in [6, 6.07) is 9.48. The van der Waals surface area contributed by atoms with Crippen molar-refractivity contribution in [3.8, 4) is 5.75 Å². The highest BCUT2D eigenvalue weighted by molar-refractivity contribution is 6.36. The first-order valence-electron chi connectivity index (χ1n) is 7.08. The Bertz CT molecular complexity index is 777. The molecule has 24 heavy (non-hydrogen) atoms. The van der Waals surface area contributed by atoms with Crippen molar-refractivity contribution in [3.63, 3.8) is 0 Å². The number of halogens is 2. The molecule has 7 heteroatoms. The number of nitrogens with one attached hydrogen (secondary N) is 1. The summed E-state index contributed by atoms with van der Waals surface area (Å²) in [5, 5.41) is 3.15. The van der Waals surface area contributed by atoms with Crippen LogP contribution < -0.4 is 10.1 Å². The normalized spacial score (nSPS) is 10.2. The minimum atomic E-state index is -0.555. The third-order valence-corrected chi connectivity index (χ3v) is 3.79. The summed E-state index contributed by atoms with van der Waals surface area (Å²) in [6.07, 6.45) is 0. The number of amides is 1. The first-order valence-corrected chi connectivity index (χ1v) is 7.84. The number of hydrogen-bond acceptors (Lipinski definition) is 4. The van der Waals surface area contributed by atoms with Gasteiger partial charge in [0.15, 0.2) is 0 Å². The molecular formula is C17H15Cl2NO4. The number of carbonyl (C=O) groups is 2. The highest BCUT2D eigenvalue weighted by atomic mass is 35.5. The Morgan fingerprint density at radius 2 is 1.79 bits per heavy atom. The minimum absolute atomic E-state index is 0.180. The van der Waals surface area contributed by atoms with Crippen molar-refractivity contribution in [1.82, 2.24) is 0 Å². The lowest BCUT2D eigenvalue weighted by Crippen LogP contribution is -2.14. The summed E-state index contributed by atoms with van der Waals surface area (Å²) in [5.74, 6) is -0.735. The van der Waals surface area contributed by atoms with E-state index in [-0.39, 0.29) is 22.9 Å². The van der Waals surface area contributed by atoms with Crippen molar-refractivity contribution >= 4 is 40.8 Å². The molecule has 0 heterocycles. The maximum absolute atomic E-state index is 12.3. The second-order valence-corrected chi connectivity index (χ2v) is 5.50. The van der Waals surface area contributed by atoms with Gasteiger partial charge < -0.3 is 14.8 Å². The molecule has 0 fully saturated rings. The molecule has 126 valence electrons. The fourth-order valence-corrected chi connectivity index (χ4v) is 2.45. The van der Waals surface area contributed by atoms with E-state index in [9.17, 15) is 9.59 Å². The van der Waals surface area contributed by atoms with Gasteiger partial charge in [0.05, 0.1) is 35.0 Å². The van der Waals surface area contributed by atoms with Crippen molar-refractivity contribution in [2.45, 2.75) is 6.92 Å². The molecule has 0 aliphatic heterocycles. The average Bonchev–Trinajstić information content (AvgIpc) is 2.56. The van der Waals surface area contributed by atoms with Crippen LogP contribution >= 0.6 is 23.2 Å². The Morgan fingerprint density at radius 1 is 1.08 bits per heavy atom. The first-order chi connectivity index (χ1) is 11.5. The number of esters is 1. The van der Waals surface area contributed by atoms with Gasteiger partial charge in [0.1, 0.15) is 11.3 Å². The van der Waals surface area contributed by atoms with Gasteiger partial charge >= 0.3 is 5.97 Å². The summed E-state index contributed by atoms with van der Waals surface area (Å²) in [6.45, 7) is 1.93. The van der Waals surface area contributed by atoms with E-state index >= 15 is 0 Å². The molecule has 0 bridgehead atoms. The molecular weight excluding hydrogens is 353 g/mol. The molecule has 2 aromatic rings. The number of rotatable bonds is 5. The van der Waals surface area contributed by atoms with Gasteiger partial charge in [0, 0.05) is 6.07 Å². The number of benzene rings is 2. The van der Waals surface area contributed by atoms with Crippen LogP contribution in [-0.4, -0.2) is 25.6 Å².